The summed E-state index contributed by atoms with van der Waals surface area (Å²) in [7, 11) is -3.94. The van der Waals surface area contributed by atoms with Gasteiger partial charge in [0.15, 0.2) is 9.84 Å². The highest BCUT2D eigenvalue weighted by molar-refractivity contribution is 7.92. The van der Waals surface area contributed by atoms with Crippen LogP contribution in [0.1, 0.15) is 36.6 Å². The van der Waals surface area contributed by atoms with Gasteiger partial charge in [-0.05, 0) is 38.1 Å². The molecular formula is C19H16F3NO4S. The van der Waals surface area contributed by atoms with Crippen LogP contribution in [-0.2, 0) is 16.3 Å². The van der Waals surface area contributed by atoms with Crippen LogP contribution in [0.4, 0.5) is 13.2 Å². The first-order chi connectivity index (χ1) is 13.0. The predicted octanol–water partition coefficient (Wildman–Crippen LogP) is 3.90. The van der Waals surface area contributed by atoms with Crippen LogP contribution >= 0.6 is 0 Å². The molecule has 148 valence electrons. The lowest BCUT2D eigenvalue weighted by atomic mass is 10.1. The van der Waals surface area contributed by atoms with Gasteiger partial charge in [0.25, 0.3) is 5.92 Å². The van der Waals surface area contributed by atoms with Gasteiger partial charge in [0.2, 0.25) is 0 Å². The molecule has 0 saturated heterocycles. The Kier molecular flexibility index (Phi) is 4.89. The van der Waals surface area contributed by atoms with Crippen molar-refractivity contribution in [1.29, 1.82) is 5.26 Å². The molecule has 1 atom stereocenters. The minimum absolute atomic E-state index is 0.0315. The number of fused-ring (bicyclic) bond motifs is 1. The summed E-state index contributed by atoms with van der Waals surface area (Å²) in [5, 5.41) is 18.1. The molecule has 1 N–H and O–H groups in total. The van der Waals surface area contributed by atoms with E-state index < -0.39 is 44.9 Å². The average molecular weight is 411 g/mol. The van der Waals surface area contributed by atoms with Crippen LogP contribution in [0.25, 0.3) is 0 Å². The fraction of sp³-hybridized carbons (Fsp3) is 0.316. The molecule has 5 nitrogen and oxygen atoms in total. The molecule has 9 heteroatoms. The van der Waals surface area contributed by atoms with Crippen LogP contribution in [0, 0.1) is 17.1 Å². The van der Waals surface area contributed by atoms with Crippen molar-refractivity contribution in [2.45, 2.75) is 42.4 Å². The van der Waals surface area contributed by atoms with E-state index in [0.717, 1.165) is 18.2 Å². The number of sulfone groups is 1. The number of benzene rings is 2. The number of nitrogens with zero attached hydrogens (tertiary/aromatic N) is 1. The second-order valence-electron chi connectivity index (χ2n) is 6.78. The monoisotopic (exact) mass is 411 g/mol. The first-order valence-electron chi connectivity index (χ1n) is 8.31. The van der Waals surface area contributed by atoms with Gasteiger partial charge in [-0.15, -0.1) is 0 Å². The van der Waals surface area contributed by atoms with Crippen LogP contribution < -0.4 is 4.74 Å². The largest absolute Gasteiger partial charge is 0.457 e. The second-order valence-corrected chi connectivity index (χ2v) is 9.25. The highest BCUT2D eigenvalue weighted by Gasteiger charge is 2.50. The maximum atomic E-state index is 14.2. The fourth-order valence-electron chi connectivity index (χ4n) is 3.06. The standard InChI is InChI=1S/C19H16F3NO4S/c1-10(2)28(25,26)16-4-3-15(14-8-19(21,22)18(24)17(14)16)27-13-6-11(9-23)5-12(20)7-13/h3-7,10,18,24H,8H2,1-2H3/t18-/m0/s1. The minimum atomic E-state index is -3.94. The van der Waals surface area contributed by atoms with Gasteiger partial charge in [0.05, 0.1) is 21.8 Å². The average Bonchev–Trinajstić information content (AvgIpc) is 2.85. The lowest BCUT2D eigenvalue weighted by molar-refractivity contribution is -0.0976. The Hall–Kier alpha value is -2.57. The van der Waals surface area contributed by atoms with Crippen molar-refractivity contribution < 1.29 is 31.4 Å². The predicted molar refractivity (Wildman–Crippen MR) is 93.6 cm³/mol. The molecule has 0 spiro atoms. The Morgan fingerprint density at radius 1 is 1.29 bits per heavy atom. The van der Waals surface area contributed by atoms with E-state index in [4.69, 9.17) is 10.00 Å². The molecule has 0 saturated carbocycles. The van der Waals surface area contributed by atoms with Gasteiger partial charge in [-0.3, -0.25) is 0 Å². The summed E-state index contributed by atoms with van der Waals surface area (Å²) >= 11 is 0. The SMILES string of the molecule is CC(C)S(=O)(=O)c1ccc(Oc2cc(F)cc(C#N)c2)c2c1[C@H](O)C(F)(F)C2. The summed E-state index contributed by atoms with van der Waals surface area (Å²) in [6, 6.07) is 7.21. The van der Waals surface area contributed by atoms with Crippen molar-refractivity contribution >= 4 is 9.84 Å². The Labute approximate surface area is 159 Å². The molecule has 3 rings (SSSR count). The smallest absolute Gasteiger partial charge is 0.281 e. The molecule has 0 fully saturated rings. The van der Waals surface area contributed by atoms with E-state index in [0.29, 0.717) is 0 Å². The highest BCUT2D eigenvalue weighted by atomic mass is 32.2. The maximum absolute atomic E-state index is 14.2. The number of halogens is 3. The normalized spacial score (nSPS) is 18.0. The van der Waals surface area contributed by atoms with Crippen LogP contribution in [0.3, 0.4) is 0 Å². The molecule has 28 heavy (non-hydrogen) atoms. The van der Waals surface area contributed by atoms with Crippen molar-refractivity contribution in [3.63, 3.8) is 0 Å². The van der Waals surface area contributed by atoms with E-state index in [1.54, 1.807) is 6.07 Å². The Morgan fingerprint density at radius 3 is 2.57 bits per heavy atom. The summed E-state index contributed by atoms with van der Waals surface area (Å²) in [5.74, 6) is -4.58. The van der Waals surface area contributed by atoms with Crippen molar-refractivity contribution in [3.05, 3.63) is 52.8 Å². The second kappa shape index (κ2) is 6.79. The van der Waals surface area contributed by atoms with Crippen molar-refractivity contribution in [2.24, 2.45) is 0 Å². The van der Waals surface area contributed by atoms with Gasteiger partial charge < -0.3 is 9.84 Å². The zero-order chi connectivity index (χ0) is 20.9. The molecule has 0 radical (unpaired) electrons. The number of alkyl halides is 2. The molecule has 0 amide bonds. The number of aliphatic hydroxyl groups is 1. The summed E-state index contributed by atoms with van der Waals surface area (Å²) in [6.45, 7) is 2.81. The minimum Gasteiger partial charge on any atom is -0.457 e. The summed E-state index contributed by atoms with van der Waals surface area (Å²) in [4.78, 5) is -0.383. The summed E-state index contributed by atoms with van der Waals surface area (Å²) < 4.78 is 72.6. The topological polar surface area (TPSA) is 87.4 Å². The van der Waals surface area contributed by atoms with Crippen LogP contribution in [-0.4, -0.2) is 24.7 Å². The molecule has 0 bridgehead atoms. The summed E-state index contributed by atoms with van der Waals surface area (Å²) in [5.41, 5.74) is -0.605. The Bertz CT molecular complexity index is 1090. The third kappa shape index (κ3) is 3.34. The van der Waals surface area contributed by atoms with Gasteiger partial charge in [-0.1, -0.05) is 0 Å². The molecule has 0 aliphatic heterocycles. The van der Waals surface area contributed by atoms with Gasteiger partial charge in [0.1, 0.15) is 23.4 Å². The number of aliphatic hydroxyl groups excluding tert-OH is 1. The molecule has 1 aliphatic rings. The van der Waals surface area contributed by atoms with E-state index >= 15 is 0 Å². The number of ether oxygens (including phenoxy) is 1. The van der Waals surface area contributed by atoms with E-state index in [2.05, 4.69) is 0 Å². The molecular weight excluding hydrogens is 395 g/mol. The first-order valence-corrected chi connectivity index (χ1v) is 9.86. The van der Waals surface area contributed by atoms with Crippen LogP contribution in [0.2, 0.25) is 0 Å². The Morgan fingerprint density at radius 2 is 1.96 bits per heavy atom. The number of hydrogen-bond acceptors (Lipinski definition) is 5. The van der Waals surface area contributed by atoms with Gasteiger partial charge in [-0.2, -0.15) is 5.26 Å². The number of rotatable bonds is 4. The van der Waals surface area contributed by atoms with E-state index in [1.807, 2.05) is 0 Å². The van der Waals surface area contributed by atoms with Gasteiger partial charge in [-0.25, -0.2) is 21.6 Å². The third-order valence-electron chi connectivity index (χ3n) is 4.52. The fourth-order valence-corrected chi connectivity index (χ4v) is 4.37. The van der Waals surface area contributed by atoms with E-state index in [1.165, 1.54) is 26.0 Å². The maximum Gasteiger partial charge on any atom is 0.281 e. The van der Waals surface area contributed by atoms with Crippen molar-refractivity contribution in [3.8, 4) is 17.6 Å². The molecule has 1 aliphatic carbocycles. The van der Waals surface area contributed by atoms with E-state index in [9.17, 15) is 26.7 Å². The molecule has 0 heterocycles. The van der Waals surface area contributed by atoms with Gasteiger partial charge in [0, 0.05) is 23.6 Å². The molecule has 0 aromatic heterocycles. The van der Waals surface area contributed by atoms with Crippen molar-refractivity contribution in [1.82, 2.24) is 0 Å². The first kappa shape index (κ1) is 20.2. The summed E-state index contributed by atoms with van der Waals surface area (Å²) in [6.07, 6.45) is -3.24. The lowest BCUT2D eigenvalue weighted by Crippen LogP contribution is -2.23. The number of nitriles is 1. The molecule has 0 unspecified atom stereocenters. The zero-order valence-corrected chi connectivity index (χ0v) is 15.7. The van der Waals surface area contributed by atoms with Crippen LogP contribution in [0.15, 0.2) is 35.2 Å². The molecule has 2 aromatic rings. The molecule has 2 aromatic carbocycles. The van der Waals surface area contributed by atoms with Gasteiger partial charge >= 0.3 is 0 Å². The third-order valence-corrected chi connectivity index (χ3v) is 6.73. The number of hydrogen-bond donors (Lipinski definition) is 1. The quantitative estimate of drug-likeness (QED) is 0.825. The van der Waals surface area contributed by atoms with E-state index in [-0.39, 0.29) is 27.5 Å². The lowest BCUT2D eigenvalue weighted by Gasteiger charge is -2.18. The zero-order valence-electron chi connectivity index (χ0n) is 14.9. The highest BCUT2D eigenvalue weighted by Crippen LogP contribution is 2.50. The Balaban J connectivity index is 2.17. The van der Waals surface area contributed by atoms with Crippen LogP contribution in [0.5, 0.6) is 11.5 Å². The van der Waals surface area contributed by atoms with Crippen molar-refractivity contribution in [2.75, 3.05) is 0 Å².